The monoisotopic (exact) mass is 249 g/mol. The first kappa shape index (κ1) is 12.1. The Morgan fingerprint density at radius 3 is 2.47 bits per heavy atom. The molecule has 0 heterocycles. The van der Waals surface area contributed by atoms with Crippen LogP contribution < -0.4 is 0 Å². The van der Waals surface area contributed by atoms with E-state index in [1.165, 1.54) is 0 Å². The van der Waals surface area contributed by atoms with E-state index in [9.17, 15) is 13.2 Å². The Kier molecular flexibility index (Phi) is 4.22. The van der Waals surface area contributed by atoms with Crippen molar-refractivity contribution in [2.45, 2.75) is 6.61 Å². The third-order valence-electron chi connectivity index (χ3n) is 1.50. The number of hydrogen-bond acceptors (Lipinski definition) is 4. The highest BCUT2D eigenvalue weighted by molar-refractivity contribution is 8.02. The molecular weight excluding hydrogens is 242 g/mol. The van der Waals surface area contributed by atoms with Gasteiger partial charge in [-0.15, -0.1) is 0 Å². The molecule has 15 heavy (non-hydrogen) atoms. The lowest BCUT2D eigenvalue weighted by Crippen LogP contribution is -2.22. The molecule has 0 aliphatic rings. The smallest absolute Gasteiger partial charge is 0.284 e. The number of carbonyl (C=O) groups excluding carboxylic acids is 1. The van der Waals surface area contributed by atoms with E-state index in [-0.39, 0.29) is 16.2 Å². The first-order valence-electron chi connectivity index (χ1n) is 3.89. The first-order chi connectivity index (χ1) is 7.06. The molecule has 0 N–H and O–H groups in total. The lowest BCUT2D eigenvalue weighted by Gasteiger charge is -2.09. The zero-order chi connectivity index (χ0) is 11.3. The van der Waals surface area contributed by atoms with Gasteiger partial charge in [-0.2, -0.15) is 0 Å². The molecule has 0 amide bonds. The second kappa shape index (κ2) is 5.22. The van der Waals surface area contributed by atoms with Gasteiger partial charge in [-0.3, -0.25) is 9.63 Å². The fourth-order valence-corrected chi connectivity index (χ4v) is 1.22. The van der Waals surface area contributed by atoms with Gasteiger partial charge in [-0.05, 0) is 5.56 Å². The number of halogens is 1. The van der Waals surface area contributed by atoms with Crippen molar-refractivity contribution in [1.82, 2.24) is 3.99 Å². The van der Waals surface area contributed by atoms with Crippen LogP contribution in [0.25, 0.3) is 0 Å². The van der Waals surface area contributed by atoms with E-state index in [4.69, 9.17) is 11.8 Å². The van der Waals surface area contributed by atoms with Crippen molar-refractivity contribution in [3.8, 4) is 0 Å². The molecule has 0 bridgehead atoms. The summed E-state index contributed by atoms with van der Waals surface area (Å²) in [6, 6.07) is 8.82. The first-order valence-corrected chi connectivity index (χ1v) is 5.73. The second-order valence-corrected chi connectivity index (χ2v) is 4.64. The summed E-state index contributed by atoms with van der Waals surface area (Å²) in [5, 5.41) is 0. The highest BCUT2D eigenvalue weighted by atomic mass is 35.5. The van der Waals surface area contributed by atoms with E-state index in [2.05, 4.69) is 4.84 Å². The van der Waals surface area contributed by atoms with Gasteiger partial charge in [-0.1, -0.05) is 30.3 Å². The molecule has 1 aromatic carbocycles. The van der Waals surface area contributed by atoms with Crippen molar-refractivity contribution < 1.29 is 18.0 Å². The van der Waals surface area contributed by atoms with Crippen LogP contribution in [0.1, 0.15) is 5.56 Å². The molecule has 7 heteroatoms. The van der Waals surface area contributed by atoms with E-state index in [1.54, 1.807) is 24.3 Å². The predicted octanol–water partition coefficient (Wildman–Crippen LogP) is 1.09. The van der Waals surface area contributed by atoms with Crippen LogP contribution in [0.3, 0.4) is 0 Å². The highest BCUT2D eigenvalue weighted by Crippen LogP contribution is 2.08. The zero-order valence-electron chi connectivity index (χ0n) is 7.54. The summed E-state index contributed by atoms with van der Waals surface area (Å²) < 4.78 is 21.7. The van der Waals surface area contributed by atoms with E-state index < -0.39 is 10.0 Å². The molecule has 0 aromatic heterocycles. The summed E-state index contributed by atoms with van der Waals surface area (Å²) in [7, 11) is -4.17. The van der Waals surface area contributed by atoms with Gasteiger partial charge < -0.3 is 0 Å². The van der Waals surface area contributed by atoms with Crippen molar-refractivity contribution in [2.75, 3.05) is 0 Å². The number of rotatable bonds is 5. The normalized spacial score (nSPS) is 11.6. The van der Waals surface area contributed by atoms with E-state index >= 15 is 0 Å². The SMILES string of the molecule is O=CS(=O)(=O)N(Cl)OCc1ccccc1. The molecule has 0 unspecified atom stereocenters. The number of carbonyl (C=O) groups is 1. The highest BCUT2D eigenvalue weighted by Gasteiger charge is 2.19. The van der Waals surface area contributed by atoms with Gasteiger partial charge in [-0.25, -0.2) is 8.42 Å². The molecule has 0 radical (unpaired) electrons. The third kappa shape index (κ3) is 3.60. The van der Waals surface area contributed by atoms with Crippen molar-refractivity contribution in [3.63, 3.8) is 0 Å². The van der Waals surface area contributed by atoms with E-state index in [0.717, 1.165) is 5.56 Å². The van der Waals surface area contributed by atoms with E-state index in [1.807, 2.05) is 6.07 Å². The lowest BCUT2D eigenvalue weighted by molar-refractivity contribution is -0.0257. The van der Waals surface area contributed by atoms with E-state index in [0.29, 0.717) is 0 Å². The summed E-state index contributed by atoms with van der Waals surface area (Å²) in [5.41, 5.74) is 0.453. The summed E-state index contributed by atoms with van der Waals surface area (Å²) in [5.74, 6) is 0. The standard InChI is InChI=1S/C8H8ClNO4S/c9-10(15(12,13)7-11)14-6-8-4-2-1-3-5-8/h1-5,7H,6H2. The van der Waals surface area contributed by atoms with Crippen LogP contribution in [-0.4, -0.2) is 18.0 Å². The lowest BCUT2D eigenvalue weighted by atomic mass is 10.2. The van der Waals surface area contributed by atoms with Gasteiger partial charge in [0.15, 0.2) is 0 Å². The van der Waals surface area contributed by atoms with Gasteiger partial charge in [0.25, 0.3) is 5.62 Å². The van der Waals surface area contributed by atoms with Gasteiger partial charge in [0.1, 0.15) is 0 Å². The minimum Gasteiger partial charge on any atom is -0.284 e. The van der Waals surface area contributed by atoms with Crippen LogP contribution in [0.4, 0.5) is 0 Å². The summed E-state index contributed by atoms with van der Waals surface area (Å²) >= 11 is 5.21. The largest absolute Gasteiger partial charge is 0.310 e. The maximum atomic E-state index is 10.8. The molecule has 5 nitrogen and oxygen atoms in total. The Morgan fingerprint density at radius 2 is 1.93 bits per heavy atom. The molecule has 1 aromatic rings. The van der Waals surface area contributed by atoms with Crippen molar-refractivity contribution >= 4 is 27.4 Å². The quantitative estimate of drug-likeness (QED) is 0.445. The Bertz CT molecular complexity index is 420. The molecule has 82 valence electrons. The maximum absolute atomic E-state index is 10.8. The fourth-order valence-electron chi connectivity index (χ4n) is 0.807. The van der Waals surface area contributed by atoms with Gasteiger partial charge in [0.05, 0.1) is 6.61 Å². The minimum atomic E-state index is -4.17. The summed E-state index contributed by atoms with van der Waals surface area (Å²) in [6.45, 7) is -0.0303. The molecule has 0 aliphatic carbocycles. The predicted molar refractivity (Wildman–Crippen MR) is 54.6 cm³/mol. The Morgan fingerprint density at radius 1 is 1.33 bits per heavy atom. The Hall–Kier alpha value is -0.950. The third-order valence-corrected chi connectivity index (χ3v) is 2.92. The second-order valence-electron chi connectivity index (χ2n) is 2.58. The van der Waals surface area contributed by atoms with Crippen LogP contribution in [-0.2, 0) is 26.3 Å². The van der Waals surface area contributed by atoms with Crippen LogP contribution in [0.15, 0.2) is 30.3 Å². The van der Waals surface area contributed by atoms with Crippen molar-refractivity contribution in [3.05, 3.63) is 35.9 Å². The molecule has 0 saturated carbocycles. The molecule has 0 aliphatic heterocycles. The van der Waals surface area contributed by atoms with Crippen molar-refractivity contribution in [2.24, 2.45) is 0 Å². The number of benzene rings is 1. The average Bonchev–Trinajstić information content (AvgIpc) is 2.27. The molecule has 0 spiro atoms. The number of hydrogen-bond donors (Lipinski definition) is 0. The molecule has 0 saturated heterocycles. The summed E-state index contributed by atoms with van der Waals surface area (Å²) in [6.07, 6.45) is 0. The molecular formula is C8H8ClNO4S. The van der Waals surface area contributed by atoms with Crippen LogP contribution in [0.5, 0.6) is 0 Å². The number of sulfonamides is 1. The van der Waals surface area contributed by atoms with Crippen LogP contribution >= 0.6 is 11.8 Å². The average molecular weight is 250 g/mol. The topological polar surface area (TPSA) is 63.7 Å². The minimum absolute atomic E-state index is 0.0208. The van der Waals surface area contributed by atoms with Gasteiger partial charge >= 0.3 is 10.0 Å². The molecule has 0 atom stereocenters. The Labute approximate surface area is 92.3 Å². The Balaban J connectivity index is 2.55. The number of nitrogens with zero attached hydrogens (tertiary/aromatic N) is 1. The fraction of sp³-hybridized carbons (Fsp3) is 0.125. The maximum Gasteiger partial charge on any atom is 0.310 e. The zero-order valence-corrected chi connectivity index (χ0v) is 9.11. The van der Waals surface area contributed by atoms with Gasteiger partial charge in [0, 0.05) is 15.8 Å². The van der Waals surface area contributed by atoms with Gasteiger partial charge in [0.2, 0.25) is 0 Å². The summed E-state index contributed by atoms with van der Waals surface area (Å²) in [4.78, 5) is 14.7. The molecule has 0 fully saturated rings. The van der Waals surface area contributed by atoms with Crippen molar-refractivity contribution in [1.29, 1.82) is 0 Å². The van der Waals surface area contributed by atoms with Crippen LogP contribution in [0.2, 0.25) is 0 Å². The molecule has 1 rings (SSSR count). The van der Waals surface area contributed by atoms with Crippen LogP contribution in [0, 0.1) is 0 Å².